The van der Waals surface area contributed by atoms with E-state index in [1.54, 1.807) is 16.7 Å². The van der Waals surface area contributed by atoms with Crippen LogP contribution in [0.25, 0.3) is 11.8 Å². The summed E-state index contributed by atoms with van der Waals surface area (Å²) in [6.07, 6.45) is 3.35. The van der Waals surface area contributed by atoms with Gasteiger partial charge in [-0.2, -0.15) is 0 Å². The van der Waals surface area contributed by atoms with E-state index in [-0.39, 0.29) is 11.1 Å². The molecule has 0 fully saturated rings. The second-order valence-corrected chi connectivity index (χ2v) is 10.8. The fourth-order valence-electron chi connectivity index (χ4n) is 5.07. The molecule has 0 radical (unpaired) electrons. The molecule has 4 aromatic rings. The van der Waals surface area contributed by atoms with Crippen LogP contribution < -0.4 is 24.4 Å². The second kappa shape index (κ2) is 11.8. The van der Waals surface area contributed by atoms with Gasteiger partial charge in [0, 0.05) is 28.3 Å². The fraction of sp³-hybridized carbons (Fsp3) is 0.258. The van der Waals surface area contributed by atoms with Crippen LogP contribution in [0.2, 0.25) is 5.02 Å². The first-order valence-electron chi connectivity index (χ1n) is 13.2. The summed E-state index contributed by atoms with van der Waals surface area (Å²) in [6, 6.07) is 14.3. The molecule has 8 nitrogen and oxygen atoms in total. The third-order valence-corrected chi connectivity index (χ3v) is 8.06. The van der Waals surface area contributed by atoms with Crippen molar-refractivity contribution >= 4 is 35.0 Å². The predicted octanol–water partition coefficient (Wildman–Crippen LogP) is 4.88. The Labute approximate surface area is 246 Å². The number of methoxy groups -OCH3 is 1. The van der Waals surface area contributed by atoms with E-state index >= 15 is 0 Å². The van der Waals surface area contributed by atoms with Gasteiger partial charge in [-0.05, 0) is 81.3 Å². The zero-order chi connectivity index (χ0) is 29.3. The maximum Gasteiger partial charge on any atom is 0.337 e. The van der Waals surface area contributed by atoms with Crippen LogP contribution in [0.1, 0.15) is 42.4 Å². The average Bonchev–Trinajstić information content (AvgIpc) is 3.43. The van der Waals surface area contributed by atoms with Gasteiger partial charge in [-0.25, -0.2) is 9.79 Å². The Morgan fingerprint density at radius 3 is 2.54 bits per heavy atom. The van der Waals surface area contributed by atoms with Crippen LogP contribution in [0.3, 0.4) is 0 Å². The Morgan fingerprint density at radius 1 is 1.07 bits per heavy atom. The molecular weight excluding hydrogens is 562 g/mol. The van der Waals surface area contributed by atoms with E-state index in [1.165, 1.54) is 24.6 Å². The zero-order valence-corrected chi connectivity index (χ0v) is 25.0. The lowest BCUT2D eigenvalue weighted by atomic mass is 9.97. The molecule has 0 saturated heterocycles. The Bertz CT molecular complexity index is 1850. The average molecular weight is 592 g/mol. The maximum absolute atomic E-state index is 14.0. The zero-order valence-electron chi connectivity index (χ0n) is 23.4. The topological polar surface area (TPSA) is 84.0 Å². The fourth-order valence-corrected chi connectivity index (χ4v) is 6.22. The molecule has 0 saturated carbocycles. The molecule has 0 unspecified atom stereocenters. The summed E-state index contributed by atoms with van der Waals surface area (Å²) in [5.41, 5.74) is 4.48. The van der Waals surface area contributed by atoms with Crippen LogP contribution in [0.4, 0.5) is 0 Å². The first kappa shape index (κ1) is 28.4. The number of halogens is 1. The van der Waals surface area contributed by atoms with E-state index in [2.05, 4.69) is 9.56 Å². The number of esters is 1. The Balaban J connectivity index is 1.66. The van der Waals surface area contributed by atoms with E-state index in [1.807, 2.05) is 70.2 Å². The normalized spacial score (nSPS) is 14.7. The van der Waals surface area contributed by atoms with Gasteiger partial charge in [0.25, 0.3) is 5.56 Å². The second-order valence-electron chi connectivity index (χ2n) is 9.39. The number of rotatable bonds is 8. The van der Waals surface area contributed by atoms with Crippen molar-refractivity contribution in [2.45, 2.75) is 33.7 Å². The van der Waals surface area contributed by atoms with Crippen LogP contribution >= 0.6 is 22.9 Å². The number of thiazole rings is 1. The lowest BCUT2D eigenvalue weighted by Gasteiger charge is -2.23. The molecule has 2 aromatic carbocycles. The third-order valence-electron chi connectivity index (χ3n) is 6.83. The van der Waals surface area contributed by atoms with Gasteiger partial charge < -0.3 is 18.8 Å². The first-order valence-corrected chi connectivity index (χ1v) is 14.4. The van der Waals surface area contributed by atoms with Crippen LogP contribution in [0, 0.1) is 13.8 Å². The maximum atomic E-state index is 14.0. The van der Waals surface area contributed by atoms with Crippen LogP contribution in [-0.4, -0.2) is 35.4 Å². The molecular formula is C31H30ClN3O5S. The van der Waals surface area contributed by atoms with E-state index in [9.17, 15) is 9.59 Å². The van der Waals surface area contributed by atoms with Gasteiger partial charge in [-0.15, -0.1) is 0 Å². The molecule has 0 spiro atoms. The monoisotopic (exact) mass is 591 g/mol. The summed E-state index contributed by atoms with van der Waals surface area (Å²) < 4.78 is 20.8. The Hall–Kier alpha value is -4.08. The van der Waals surface area contributed by atoms with Gasteiger partial charge in [0.15, 0.2) is 16.3 Å². The minimum atomic E-state index is -0.755. The Kier molecular flexibility index (Phi) is 8.19. The van der Waals surface area contributed by atoms with Gasteiger partial charge in [0.1, 0.15) is 0 Å². The molecule has 3 heterocycles. The van der Waals surface area contributed by atoms with E-state index in [4.69, 9.17) is 25.8 Å². The van der Waals surface area contributed by atoms with Crippen molar-refractivity contribution in [3.63, 3.8) is 0 Å². The molecule has 0 bridgehead atoms. The highest BCUT2D eigenvalue weighted by Crippen LogP contribution is 2.35. The number of aryl methyl sites for hydroxylation is 1. The third kappa shape index (κ3) is 5.35. The molecule has 0 aliphatic carbocycles. The molecule has 0 N–H and O–H groups in total. The molecule has 1 atom stereocenters. The standard InChI is InChI=1S/C31H30ClN3O5S/c1-6-39-25-12-11-20(14-26(25)40-7-2)28-24(30(37)38-5)17-33-31-35(28)29(36)27(41-31)15-21-13-18(3)34(19(21)4)23-10-8-9-22(32)16-23/h8-17,28H,6-7H2,1-5H3/b27-15-/t28-/m1/s1. The van der Waals surface area contributed by atoms with Gasteiger partial charge in [0.2, 0.25) is 0 Å². The molecule has 212 valence electrons. The molecule has 1 aliphatic heterocycles. The Morgan fingerprint density at radius 2 is 1.83 bits per heavy atom. The quantitative estimate of drug-likeness (QED) is 0.273. The number of nitrogens with zero attached hydrogens (tertiary/aromatic N) is 3. The number of hydrogen-bond donors (Lipinski definition) is 0. The molecule has 10 heteroatoms. The highest BCUT2D eigenvalue weighted by atomic mass is 35.5. The summed E-state index contributed by atoms with van der Waals surface area (Å²) >= 11 is 7.52. The highest BCUT2D eigenvalue weighted by molar-refractivity contribution is 7.07. The number of carbonyl (C=O) groups is 1. The molecule has 0 amide bonds. The molecule has 41 heavy (non-hydrogen) atoms. The highest BCUT2D eigenvalue weighted by Gasteiger charge is 2.31. The van der Waals surface area contributed by atoms with Gasteiger partial charge in [-0.3, -0.25) is 9.36 Å². The van der Waals surface area contributed by atoms with Crippen LogP contribution in [0.5, 0.6) is 11.5 Å². The molecule has 1 aliphatic rings. The van der Waals surface area contributed by atoms with Crippen molar-refractivity contribution < 1.29 is 19.0 Å². The summed E-state index contributed by atoms with van der Waals surface area (Å²) in [5.74, 6) is 0.553. The summed E-state index contributed by atoms with van der Waals surface area (Å²) in [7, 11) is 1.31. The lowest BCUT2D eigenvalue weighted by molar-refractivity contribution is -0.136. The van der Waals surface area contributed by atoms with Crippen LogP contribution in [-0.2, 0) is 9.53 Å². The van der Waals surface area contributed by atoms with E-state index in [0.29, 0.717) is 44.6 Å². The summed E-state index contributed by atoms with van der Waals surface area (Å²) in [4.78, 5) is 31.8. The number of carbonyl (C=O) groups excluding carboxylic acids is 1. The number of fused-ring (bicyclic) bond motifs is 1. The predicted molar refractivity (Wildman–Crippen MR) is 160 cm³/mol. The minimum Gasteiger partial charge on any atom is -0.490 e. The van der Waals surface area contributed by atoms with Crippen molar-refractivity contribution in [2.75, 3.05) is 20.3 Å². The lowest BCUT2D eigenvalue weighted by Crippen LogP contribution is -2.39. The van der Waals surface area contributed by atoms with Crippen molar-refractivity contribution in [3.05, 3.63) is 108 Å². The minimum absolute atomic E-state index is 0.247. The SMILES string of the molecule is CCOc1ccc([C@@H]2C(C(=O)OC)=CN=c3s/c(=C\c4cc(C)n(-c5cccc(Cl)c5)c4C)c(=O)n32)cc1OCC. The van der Waals surface area contributed by atoms with Crippen molar-refractivity contribution in [2.24, 2.45) is 4.99 Å². The van der Waals surface area contributed by atoms with Crippen molar-refractivity contribution in [1.82, 2.24) is 9.13 Å². The van der Waals surface area contributed by atoms with Gasteiger partial charge in [0.05, 0.1) is 36.5 Å². The number of aromatic nitrogens is 2. The first-order chi connectivity index (χ1) is 19.8. The summed E-state index contributed by atoms with van der Waals surface area (Å²) in [6.45, 7) is 8.70. The number of hydrogen-bond acceptors (Lipinski definition) is 7. The summed E-state index contributed by atoms with van der Waals surface area (Å²) in [5, 5.41) is 0.646. The largest absolute Gasteiger partial charge is 0.490 e. The van der Waals surface area contributed by atoms with E-state index in [0.717, 1.165) is 22.6 Å². The number of benzene rings is 2. The number of ether oxygens (including phenoxy) is 3. The smallest absolute Gasteiger partial charge is 0.337 e. The van der Waals surface area contributed by atoms with Crippen molar-refractivity contribution in [1.29, 1.82) is 0 Å². The molecule has 5 rings (SSSR count). The van der Waals surface area contributed by atoms with Crippen molar-refractivity contribution in [3.8, 4) is 17.2 Å². The van der Waals surface area contributed by atoms with Gasteiger partial charge >= 0.3 is 5.97 Å². The molecule has 2 aromatic heterocycles. The van der Waals surface area contributed by atoms with Crippen LogP contribution in [0.15, 0.2) is 70.1 Å². The van der Waals surface area contributed by atoms with Gasteiger partial charge in [-0.1, -0.05) is 35.1 Å². The van der Waals surface area contributed by atoms with E-state index < -0.39 is 12.0 Å².